The molecule has 0 saturated carbocycles. The molecule has 6 heteroatoms. The van der Waals surface area contributed by atoms with Crippen molar-refractivity contribution < 1.29 is 13.2 Å². The smallest absolute Gasteiger partial charge is 0.171 e. The predicted molar refractivity (Wildman–Crippen MR) is 72.0 cm³/mol. The Kier molecular flexibility index (Phi) is 3.52. The molecule has 0 bridgehead atoms. The summed E-state index contributed by atoms with van der Waals surface area (Å²) in [6, 6.07) is 5.33. The minimum absolute atomic E-state index is 0.384. The van der Waals surface area contributed by atoms with Gasteiger partial charge in [-0.05, 0) is 55.5 Å². The zero-order chi connectivity index (χ0) is 11.9. The first-order valence-corrected chi connectivity index (χ1v) is 6.99. The Hall–Kier alpha value is 0.180. The summed E-state index contributed by atoms with van der Waals surface area (Å²) in [5.74, 6) is 0. The van der Waals surface area contributed by atoms with Gasteiger partial charge < -0.3 is 0 Å². The standard InChI is InChI=1S/C10H5BrF3IS/c11-7-3-1-2-5-6(4-10(12,13)14)9(15)16-8(5)7/h1-3H,4H2. The van der Waals surface area contributed by atoms with Gasteiger partial charge in [-0.1, -0.05) is 12.1 Å². The van der Waals surface area contributed by atoms with E-state index >= 15 is 0 Å². The molecule has 1 heterocycles. The molecule has 0 aliphatic rings. The van der Waals surface area contributed by atoms with Gasteiger partial charge in [-0.15, -0.1) is 11.3 Å². The summed E-state index contributed by atoms with van der Waals surface area (Å²) in [7, 11) is 0. The van der Waals surface area contributed by atoms with Crippen LogP contribution < -0.4 is 0 Å². The first-order valence-electron chi connectivity index (χ1n) is 4.30. The molecule has 0 aliphatic heterocycles. The van der Waals surface area contributed by atoms with Gasteiger partial charge in [0.15, 0.2) is 0 Å². The van der Waals surface area contributed by atoms with Crippen LogP contribution >= 0.6 is 49.9 Å². The van der Waals surface area contributed by atoms with E-state index in [1.54, 1.807) is 12.1 Å². The summed E-state index contributed by atoms with van der Waals surface area (Å²) in [5, 5.41) is 0.695. The van der Waals surface area contributed by atoms with Crippen molar-refractivity contribution in [2.24, 2.45) is 0 Å². The Morgan fingerprint density at radius 1 is 1.31 bits per heavy atom. The van der Waals surface area contributed by atoms with Crippen LogP contribution in [0.5, 0.6) is 0 Å². The zero-order valence-corrected chi connectivity index (χ0v) is 12.3. The molecule has 0 nitrogen and oxygen atoms in total. The third-order valence-corrected chi connectivity index (χ3v) is 5.40. The molecule has 16 heavy (non-hydrogen) atoms. The Labute approximate surface area is 116 Å². The third kappa shape index (κ3) is 2.53. The lowest BCUT2D eigenvalue weighted by molar-refractivity contribution is -0.127. The van der Waals surface area contributed by atoms with E-state index in [1.165, 1.54) is 11.3 Å². The van der Waals surface area contributed by atoms with Crippen molar-refractivity contribution in [1.82, 2.24) is 0 Å². The van der Waals surface area contributed by atoms with Crippen LogP contribution in [0.25, 0.3) is 10.1 Å². The van der Waals surface area contributed by atoms with Gasteiger partial charge in [-0.2, -0.15) is 13.2 Å². The van der Waals surface area contributed by atoms with E-state index < -0.39 is 12.6 Å². The number of halogens is 5. The first-order chi connectivity index (χ1) is 7.38. The lowest BCUT2D eigenvalue weighted by Gasteiger charge is -2.05. The highest BCUT2D eigenvalue weighted by Crippen LogP contribution is 2.39. The van der Waals surface area contributed by atoms with Crippen LogP contribution in [-0.4, -0.2) is 6.18 Å². The number of alkyl halides is 3. The second-order valence-corrected chi connectivity index (χ2v) is 6.95. The lowest BCUT2D eigenvalue weighted by atomic mass is 10.1. The predicted octanol–water partition coefficient (Wildman–Crippen LogP) is 5.37. The van der Waals surface area contributed by atoms with Crippen molar-refractivity contribution in [2.45, 2.75) is 12.6 Å². The van der Waals surface area contributed by atoms with Crippen LogP contribution in [0.3, 0.4) is 0 Å². The van der Waals surface area contributed by atoms with E-state index in [-0.39, 0.29) is 0 Å². The molecule has 0 radical (unpaired) electrons. The van der Waals surface area contributed by atoms with Crippen molar-refractivity contribution in [3.8, 4) is 0 Å². The maximum atomic E-state index is 12.4. The Morgan fingerprint density at radius 2 is 2.00 bits per heavy atom. The van der Waals surface area contributed by atoms with Gasteiger partial charge in [-0.25, -0.2) is 0 Å². The first kappa shape index (κ1) is 12.6. The van der Waals surface area contributed by atoms with E-state index in [9.17, 15) is 13.2 Å². The maximum absolute atomic E-state index is 12.4. The van der Waals surface area contributed by atoms with E-state index in [0.29, 0.717) is 13.8 Å². The minimum Gasteiger partial charge on any atom is -0.171 e. The molecule has 0 saturated heterocycles. The van der Waals surface area contributed by atoms with Gasteiger partial charge >= 0.3 is 6.18 Å². The van der Waals surface area contributed by atoms with Gasteiger partial charge in [0, 0.05) is 9.17 Å². The van der Waals surface area contributed by atoms with Crippen LogP contribution in [-0.2, 0) is 6.42 Å². The summed E-state index contributed by atoms with van der Waals surface area (Å²) in [5.41, 5.74) is 0.384. The van der Waals surface area contributed by atoms with E-state index in [2.05, 4.69) is 15.9 Å². The van der Waals surface area contributed by atoms with Gasteiger partial charge in [0.05, 0.1) is 9.30 Å². The summed E-state index contributed by atoms with van der Waals surface area (Å²) >= 11 is 6.70. The molecule has 0 atom stereocenters. The van der Waals surface area contributed by atoms with Crippen molar-refractivity contribution in [1.29, 1.82) is 0 Å². The lowest BCUT2D eigenvalue weighted by Crippen LogP contribution is -2.11. The molecule has 0 spiro atoms. The molecule has 0 amide bonds. The Bertz CT molecular complexity index is 533. The van der Waals surface area contributed by atoms with Crippen molar-refractivity contribution in [3.63, 3.8) is 0 Å². The van der Waals surface area contributed by atoms with E-state index in [1.807, 2.05) is 28.7 Å². The van der Waals surface area contributed by atoms with Gasteiger partial charge in [-0.3, -0.25) is 0 Å². The van der Waals surface area contributed by atoms with Crippen LogP contribution in [0.2, 0.25) is 0 Å². The number of benzene rings is 1. The molecule has 1 aromatic heterocycles. The molecule has 0 aliphatic carbocycles. The highest BCUT2D eigenvalue weighted by atomic mass is 127. The topological polar surface area (TPSA) is 0 Å². The fraction of sp³-hybridized carbons (Fsp3) is 0.200. The Morgan fingerprint density at radius 3 is 2.62 bits per heavy atom. The monoisotopic (exact) mass is 420 g/mol. The number of rotatable bonds is 1. The highest BCUT2D eigenvalue weighted by molar-refractivity contribution is 14.1. The normalized spacial score (nSPS) is 12.3. The number of hydrogen-bond acceptors (Lipinski definition) is 1. The van der Waals surface area contributed by atoms with Gasteiger partial charge in [0.1, 0.15) is 0 Å². The van der Waals surface area contributed by atoms with E-state index in [4.69, 9.17) is 0 Å². The van der Waals surface area contributed by atoms with Gasteiger partial charge in [0.2, 0.25) is 0 Å². The van der Waals surface area contributed by atoms with E-state index in [0.717, 1.165) is 9.17 Å². The van der Waals surface area contributed by atoms with Crippen LogP contribution in [0, 0.1) is 2.88 Å². The molecule has 1 aromatic carbocycles. The minimum atomic E-state index is -4.16. The number of hydrogen-bond donors (Lipinski definition) is 0. The molecule has 0 N–H and O–H groups in total. The fourth-order valence-electron chi connectivity index (χ4n) is 1.47. The quantitative estimate of drug-likeness (QED) is 0.544. The largest absolute Gasteiger partial charge is 0.393 e. The molecule has 86 valence electrons. The zero-order valence-electron chi connectivity index (χ0n) is 7.74. The Balaban J connectivity index is 2.61. The summed E-state index contributed by atoms with van der Waals surface area (Å²) in [6.45, 7) is 0. The second-order valence-electron chi connectivity index (χ2n) is 3.26. The molecular formula is C10H5BrF3IS. The maximum Gasteiger partial charge on any atom is 0.393 e. The third-order valence-electron chi connectivity index (χ3n) is 2.10. The second kappa shape index (κ2) is 4.45. The number of fused-ring (bicyclic) bond motifs is 1. The van der Waals surface area contributed by atoms with Crippen LogP contribution in [0.4, 0.5) is 13.2 Å². The van der Waals surface area contributed by atoms with Crippen LogP contribution in [0.15, 0.2) is 22.7 Å². The van der Waals surface area contributed by atoms with Crippen molar-refractivity contribution in [3.05, 3.63) is 31.1 Å². The molecular weight excluding hydrogens is 416 g/mol. The molecule has 2 aromatic rings. The molecule has 0 unspecified atom stereocenters. The molecule has 0 fully saturated rings. The highest BCUT2D eigenvalue weighted by Gasteiger charge is 2.30. The van der Waals surface area contributed by atoms with Crippen molar-refractivity contribution >= 4 is 59.9 Å². The van der Waals surface area contributed by atoms with Crippen molar-refractivity contribution in [2.75, 3.05) is 0 Å². The fourth-order valence-corrected chi connectivity index (χ4v) is 4.17. The summed E-state index contributed by atoms with van der Waals surface area (Å²) in [4.78, 5) is 0. The average Bonchev–Trinajstić information content (AvgIpc) is 2.44. The summed E-state index contributed by atoms with van der Waals surface area (Å²) < 4.78 is 39.7. The van der Waals surface area contributed by atoms with Gasteiger partial charge in [0.25, 0.3) is 0 Å². The average molecular weight is 421 g/mol. The summed E-state index contributed by atoms with van der Waals surface area (Å²) in [6.07, 6.45) is -5.02. The molecule has 2 rings (SSSR count). The van der Waals surface area contributed by atoms with Crippen LogP contribution in [0.1, 0.15) is 5.56 Å². The SMILES string of the molecule is FC(F)(F)Cc1c(I)sc2c(Br)cccc12. The number of thiophene rings is 1.